The molecule has 0 aliphatic rings. The Morgan fingerprint density at radius 1 is 1.05 bits per heavy atom. The summed E-state index contributed by atoms with van der Waals surface area (Å²) in [5.41, 5.74) is 1.73. The van der Waals surface area contributed by atoms with Crippen molar-refractivity contribution in [3.05, 3.63) is 57.3 Å². The van der Waals surface area contributed by atoms with Gasteiger partial charge in [0.15, 0.2) is 0 Å². The highest BCUT2D eigenvalue weighted by atomic mass is 79.9. The van der Waals surface area contributed by atoms with Crippen molar-refractivity contribution >= 4 is 15.9 Å². The lowest BCUT2D eigenvalue weighted by molar-refractivity contribution is 0.213. The molecule has 2 rings (SSSR count). The van der Waals surface area contributed by atoms with Crippen LogP contribution in [0.4, 0.5) is 4.39 Å². The van der Waals surface area contributed by atoms with Gasteiger partial charge in [0.1, 0.15) is 23.4 Å². The van der Waals surface area contributed by atoms with Gasteiger partial charge in [-0.05, 0) is 58.2 Å². The molecule has 1 atom stereocenters. The molecule has 0 aromatic heterocycles. The van der Waals surface area contributed by atoms with E-state index >= 15 is 0 Å². The Balaban J connectivity index is 2.53. The zero-order valence-corrected chi connectivity index (χ0v) is 13.6. The molecule has 0 heterocycles. The highest BCUT2D eigenvalue weighted by Gasteiger charge is 2.19. The van der Waals surface area contributed by atoms with Crippen molar-refractivity contribution < 1.29 is 19.0 Å². The van der Waals surface area contributed by atoms with Crippen LogP contribution in [0.2, 0.25) is 0 Å². The summed E-state index contributed by atoms with van der Waals surface area (Å²) in [6, 6.07) is 7.85. The number of aliphatic hydroxyl groups is 1. The molecule has 1 unspecified atom stereocenters. The zero-order chi connectivity index (χ0) is 15.6. The van der Waals surface area contributed by atoms with Crippen molar-refractivity contribution in [2.45, 2.75) is 13.0 Å². The third-order valence-electron chi connectivity index (χ3n) is 3.18. The monoisotopic (exact) mass is 354 g/mol. The van der Waals surface area contributed by atoms with Crippen LogP contribution in [0.1, 0.15) is 22.8 Å². The molecule has 0 bridgehead atoms. The number of hydrogen-bond acceptors (Lipinski definition) is 3. The first-order valence-corrected chi connectivity index (χ1v) is 7.12. The van der Waals surface area contributed by atoms with Crippen molar-refractivity contribution in [3.63, 3.8) is 0 Å². The van der Waals surface area contributed by atoms with Crippen LogP contribution < -0.4 is 9.47 Å². The molecule has 1 N–H and O–H groups in total. The summed E-state index contributed by atoms with van der Waals surface area (Å²) < 4.78 is 24.8. The summed E-state index contributed by atoms with van der Waals surface area (Å²) in [5, 5.41) is 10.5. The second kappa shape index (κ2) is 6.45. The fourth-order valence-electron chi connectivity index (χ4n) is 2.20. The Morgan fingerprint density at radius 2 is 1.71 bits per heavy atom. The Morgan fingerprint density at radius 3 is 2.29 bits per heavy atom. The van der Waals surface area contributed by atoms with E-state index < -0.39 is 6.10 Å². The van der Waals surface area contributed by atoms with E-state index in [1.807, 2.05) is 0 Å². The van der Waals surface area contributed by atoms with Gasteiger partial charge in [0.05, 0.1) is 18.7 Å². The highest BCUT2D eigenvalue weighted by Crippen LogP contribution is 2.38. The second-order valence-corrected chi connectivity index (χ2v) is 5.55. The molecule has 0 saturated heterocycles. The van der Waals surface area contributed by atoms with Crippen LogP contribution >= 0.6 is 15.9 Å². The van der Waals surface area contributed by atoms with E-state index in [4.69, 9.17) is 9.47 Å². The van der Waals surface area contributed by atoms with E-state index in [0.29, 0.717) is 27.1 Å². The van der Waals surface area contributed by atoms with E-state index in [1.165, 1.54) is 26.4 Å². The first kappa shape index (κ1) is 15.8. The molecule has 21 heavy (non-hydrogen) atoms. The van der Waals surface area contributed by atoms with Crippen molar-refractivity contribution in [2.75, 3.05) is 14.2 Å². The zero-order valence-electron chi connectivity index (χ0n) is 12.0. The van der Waals surface area contributed by atoms with Gasteiger partial charge in [-0.15, -0.1) is 0 Å². The minimum Gasteiger partial charge on any atom is -0.496 e. The topological polar surface area (TPSA) is 38.7 Å². The van der Waals surface area contributed by atoms with Crippen LogP contribution in [0.3, 0.4) is 0 Å². The van der Waals surface area contributed by atoms with Crippen LogP contribution in [-0.4, -0.2) is 19.3 Å². The summed E-state index contributed by atoms with van der Waals surface area (Å²) in [6.45, 7) is 1.78. The standard InChI is InChI=1S/C16H16BrFO3/c1-9-4-10(6-11(18)5-9)16(19)12-7-15(21-3)13(17)8-14(12)20-2/h4-8,16,19H,1-3H3. The van der Waals surface area contributed by atoms with Crippen LogP contribution in [-0.2, 0) is 0 Å². The lowest BCUT2D eigenvalue weighted by Gasteiger charge is -2.18. The third-order valence-corrected chi connectivity index (χ3v) is 3.80. The van der Waals surface area contributed by atoms with E-state index in [1.54, 1.807) is 25.1 Å². The summed E-state index contributed by atoms with van der Waals surface area (Å²) in [4.78, 5) is 0. The molecule has 0 fully saturated rings. The van der Waals surface area contributed by atoms with Crippen LogP contribution in [0, 0.1) is 12.7 Å². The van der Waals surface area contributed by atoms with Gasteiger partial charge in [0, 0.05) is 5.56 Å². The minimum atomic E-state index is -1.00. The van der Waals surface area contributed by atoms with E-state index in [9.17, 15) is 9.50 Å². The van der Waals surface area contributed by atoms with Gasteiger partial charge in [0.2, 0.25) is 0 Å². The summed E-state index contributed by atoms with van der Waals surface area (Å²) in [6.07, 6.45) is -1.00. The predicted molar refractivity (Wildman–Crippen MR) is 82.4 cm³/mol. The van der Waals surface area contributed by atoms with Crippen LogP contribution in [0.25, 0.3) is 0 Å². The van der Waals surface area contributed by atoms with Gasteiger partial charge in [-0.2, -0.15) is 0 Å². The molecule has 2 aromatic carbocycles. The molecule has 3 nitrogen and oxygen atoms in total. The highest BCUT2D eigenvalue weighted by molar-refractivity contribution is 9.10. The summed E-state index contributed by atoms with van der Waals surface area (Å²) >= 11 is 3.36. The van der Waals surface area contributed by atoms with E-state index in [0.717, 1.165) is 5.56 Å². The maximum Gasteiger partial charge on any atom is 0.133 e. The predicted octanol–water partition coefficient (Wildman–Crippen LogP) is 4.00. The molecule has 112 valence electrons. The first-order valence-electron chi connectivity index (χ1n) is 6.33. The number of ether oxygens (including phenoxy) is 2. The number of methoxy groups -OCH3 is 2. The minimum absolute atomic E-state index is 0.382. The van der Waals surface area contributed by atoms with E-state index in [2.05, 4.69) is 15.9 Å². The number of hydrogen-bond donors (Lipinski definition) is 1. The van der Waals surface area contributed by atoms with Gasteiger partial charge in [-0.1, -0.05) is 6.07 Å². The molecule has 0 saturated carbocycles. The number of aryl methyl sites for hydroxylation is 1. The van der Waals surface area contributed by atoms with Gasteiger partial charge < -0.3 is 14.6 Å². The smallest absolute Gasteiger partial charge is 0.133 e. The van der Waals surface area contributed by atoms with Crippen molar-refractivity contribution in [1.82, 2.24) is 0 Å². The fourth-order valence-corrected chi connectivity index (χ4v) is 2.68. The Bertz CT molecular complexity index is 638. The number of halogens is 2. The lowest BCUT2D eigenvalue weighted by atomic mass is 9.98. The number of rotatable bonds is 4. The van der Waals surface area contributed by atoms with Gasteiger partial charge in [-0.25, -0.2) is 4.39 Å². The summed E-state index contributed by atoms with van der Waals surface area (Å²) in [5.74, 6) is 0.683. The Kier molecular flexibility index (Phi) is 4.85. The average Bonchev–Trinajstić information content (AvgIpc) is 2.45. The maximum absolute atomic E-state index is 13.5. The fraction of sp³-hybridized carbons (Fsp3) is 0.250. The molecule has 0 spiro atoms. The SMILES string of the molecule is COc1cc(C(O)c2cc(C)cc(F)c2)c(OC)cc1Br. The Labute approximate surface area is 131 Å². The molecule has 0 aliphatic heterocycles. The largest absolute Gasteiger partial charge is 0.496 e. The van der Waals surface area contributed by atoms with E-state index in [-0.39, 0.29) is 5.82 Å². The van der Waals surface area contributed by atoms with Crippen molar-refractivity contribution in [3.8, 4) is 11.5 Å². The number of aliphatic hydroxyl groups excluding tert-OH is 1. The molecular weight excluding hydrogens is 339 g/mol. The summed E-state index contributed by atoms with van der Waals surface area (Å²) in [7, 11) is 3.05. The van der Waals surface area contributed by atoms with Crippen LogP contribution in [0.5, 0.6) is 11.5 Å². The van der Waals surface area contributed by atoms with Gasteiger partial charge >= 0.3 is 0 Å². The molecule has 2 aromatic rings. The van der Waals surface area contributed by atoms with Gasteiger partial charge in [-0.3, -0.25) is 0 Å². The third kappa shape index (κ3) is 3.36. The van der Waals surface area contributed by atoms with Crippen molar-refractivity contribution in [2.24, 2.45) is 0 Å². The normalized spacial score (nSPS) is 12.1. The molecule has 0 aliphatic carbocycles. The first-order chi connectivity index (χ1) is 9.96. The molecule has 0 amide bonds. The van der Waals surface area contributed by atoms with Gasteiger partial charge in [0.25, 0.3) is 0 Å². The molecule has 5 heteroatoms. The second-order valence-electron chi connectivity index (χ2n) is 4.69. The number of benzene rings is 2. The molecule has 0 radical (unpaired) electrons. The van der Waals surface area contributed by atoms with Crippen LogP contribution in [0.15, 0.2) is 34.8 Å². The Hall–Kier alpha value is -1.59. The quantitative estimate of drug-likeness (QED) is 0.901. The van der Waals surface area contributed by atoms with Crippen molar-refractivity contribution in [1.29, 1.82) is 0 Å². The average molecular weight is 355 g/mol. The lowest BCUT2D eigenvalue weighted by Crippen LogP contribution is -2.04. The molecular formula is C16H16BrFO3. The maximum atomic E-state index is 13.5.